The Morgan fingerprint density at radius 2 is 2.00 bits per heavy atom. The molecular weight excluding hydrogens is 274 g/mol. The minimum absolute atomic E-state index is 0.0227. The number of nitrogens with one attached hydrogen (secondary N) is 1. The third-order valence-electron chi connectivity index (χ3n) is 3.19. The molecule has 0 radical (unpaired) electrons. The fraction of sp³-hybridized carbons (Fsp3) is 0.429. The molecule has 0 spiro atoms. The van der Waals surface area contributed by atoms with E-state index in [0.29, 0.717) is 27.6 Å². The Kier molecular flexibility index (Phi) is 4.13. The van der Waals surface area contributed by atoms with Gasteiger partial charge < -0.3 is 0 Å². The van der Waals surface area contributed by atoms with Crippen LogP contribution in [0.25, 0.3) is 10.6 Å². The lowest BCUT2D eigenvalue weighted by Crippen LogP contribution is -2.16. The first-order chi connectivity index (χ1) is 9.49. The van der Waals surface area contributed by atoms with E-state index in [0.717, 1.165) is 17.7 Å². The van der Waals surface area contributed by atoms with Crippen molar-refractivity contribution in [2.45, 2.75) is 40.5 Å². The third kappa shape index (κ3) is 2.43. The number of hydrogen-bond donors (Lipinski definition) is 1. The van der Waals surface area contributed by atoms with Gasteiger partial charge in [-0.25, -0.2) is 10.1 Å². The SMILES string of the molecule is CCc1n[nH]c(=O)c(-c2nc(C)c(C(C)=O)s2)c1CC. The van der Waals surface area contributed by atoms with Crippen LogP contribution >= 0.6 is 11.3 Å². The Bertz CT molecular complexity index is 716. The summed E-state index contributed by atoms with van der Waals surface area (Å²) in [5.41, 5.74) is 2.77. The van der Waals surface area contributed by atoms with Gasteiger partial charge in [0.05, 0.1) is 21.8 Å². The van der Waals surface area contributed by atoms with Gasteiger partial charge in [0.2, 0.25) is 0 Å². The standard InChI is InChI=1S/C14H17N3O2S/c1-5-9-10(6-2)16-17-13(19)11(9)14-15-7(3)12(20-14)8(4)18/h5-6H2,1-4H3,(H,17,19). The molecule has 0 saturated heterocycles. The Balaban J connectivity index is 2.72. The number of carbonyl (C=O) groups excluding carboxylic acids is 1. The summed E-state index contributed by atoms with van der Waals surface area (Å²) in [5, 5.41) is 7.22. The van der Waals surface area contributed by atoms with Crippen LogP contribution in [-0.2, 0) is 12.8 Å². The summed E-state index contributed by atoms with van der Waals surface area (Å²) in [6.07, 6.45) is 1.46. The summed E-state index contributed by atoms with van der Waals surface area (Å²) in [6.45, 7) is 7.29. The van der Waals surface area contributed by atoms with E-state index in [4.69, 9.17) is 0 Å². The number of nitrogens with zero attached hydrogens (tertiary/aromatic N) is 2. The minimum atomic E-state index is -0.247. The van der Waals surface area contributed by atoms with Crippen LogP contribution in [0.4, 0.5) is 0 Å². The lowest BCUT2D eigenvalue weighted by Gasteiger charge is -2.07. The first kappa shape index (κ1) is 14.6. The molecule has 1 N–H and O–H groups in total. The van der Waals surface area contributed by atoms with E-state index < -0.39 is 0 Å². The molecule has 20 heavy (non-hydrogen) atoms. The average molecular weight is 291 g/mol. The van der Waals surface area contributed by atoms with Gasteiger partial charge >= 0.3 is 0 Å². The van der Waals surface area contributed by atoms with Crippen molar-refractivity contribution in [2.24, 2.45) is 0 Å². The normalized spacial score (nSPS) is 10.8. The van der Waals surface area contributed by atoms with Crippen LogP contribution in [-0.4, -0.2) is 21.0 Å². The number of hydrogen-bond acceptors (Lipinski definition) is 5. The molecule has 2 aromatic rings. The number of aromatic amines is 1. The molecule has 106 valence electrons. The van der Waals surface area contributed by atoms with E-state index in [1.54, 1.807) is 6.92 Å². The first-order valence-corrected chi connectivity index (χ1v) is 7.40. The Morgan fingerprint density at radius 1 is 1.30 bits per heavy atom. The molecule has 0 saturated carbocycles. The van der Waals surface area contributed by atoms with E-state index in [1.165, 1.54) is 18.3 Å². The molecule has 6 heteroatoms. The summed E-state index contributed by atoms with van der Waals surface area (Å²) >= 11 is 1.28. The van der Waals surface area contributed by atoms with Gasteiger partial charge in [-0.2, -0.15) is 5.10 Å². The average Bonchev–Trinajstić information content (AvgIpc) is 2.80. The number of Topliss-reactive ketones (excluding diaryl/α,β-unsaturated/α-hetero) is 1. The first-order valence-electron chi connectivity index (χ1n) is 6.58. The molecule has 0 atom stereocenters. The highest BCUT2D eigenvalue weighted by atomic mass is 32.1. The molecule has 5 nitrogen and oxygen atoms in total. The van der Waals surface area contributed by atoms with Gasteiger partial charge in [-0.1, -0.05) is 13.8 Å². The van der Waals surface area contributed by atoms with Gasteiger partial charge in [-0.3, -0.25) is 9.59 Å². The number of H-pyrrole nitrogens is 1. The second-order valence-electron chi connectivity index (χ2n) is 4.55. The van der Waals surface area contributed by atoms with E-state index >= 15 is 0 Å². The number of aromatic nitrogens is 3. The smallest absolute Gasteiger partial charge is 0.274 e. The third-order valence-corrected chi connectivity index (χ3v) is 4.46. The molecule has 0 unspecified atom stereocenters. The van der Waals surface area contributed by atoms with E-state index in [1.807, 2.05) is 13.8 Å². The van der Waals surface area contributed by atoms with Crippen LogP contribution < -0.4 is 5.56 Å². The van der Waals surface area contributed by atoms with Crippen molar-refractivity contribution in [1.82, 2.24) is 15.2 Å². The molecule has 0 bridgehead atoms. The monoisotopic (exact) mass is 291 g/mol. The Morgan fingerprint density at radius 3 is 2.50 bits per heavy atom. The largest absolute Gasteiger partial charge is 0.294 e. The highest BCUT2D eigenvalue weighted by Crippen LogP contribution is 2.29. The van der Waals surface area contributed by atoms with Gasteiger partial charge in [0, 0.05) is 6.92 Å². The second-order valence-corrected chi connectivity index (χ2v) is 5.55. The lowest BCUT2D eigenvalue weighted by molar-refractivity contribution is 0.102. The fourth-order valence-electron chi connectivity index (χ4n) is 2.25. The molecule has 2 rings (SSSR count). The van der Waals surface area contributed by atoms with E-state index in [2.05, 4.69) is 15.2 Å². The van der Waals surface area contributed by atoms with Crippen molar-refractivity contribution in [1.29, 1.82) is 0 Å². The van der Waals surface area contributed by atoms with Gasteiger partial charge in [-0.15, -0.1) is 11.3 Å². The van der Waals surface area contributed by atoms with Crippen LogP contribution in [0.5, 0.6) is 0 Å². The van der Waals surface area contributed by atoms with Crippen molar-refractivity contribution in [3.8, 4) is 10.6 Å². The quantitative estimate of drug-likeness (QED) is 0.878. The molecule has 0 aliphatic carbocycles. The van der Waals surface area contributed by atoms with Gasteiger partial charge in [-0.05, 0) is 25.3 Å². The van der Waals surface area contributed by atoms with Crippen molar-refractivity contribution in [3.05, 3.63) is 32.2 Å². The van der Waals surface area contributed by atoms with Crippen LogP contribution in [0.2, 0.25) is 0 Å². The summed E-state index contributed by atoms with van der Waals surface area (Å²) in [5.74, 6) is -0.0227. The van der Waals surface area contributed by atoms with Gasteiger partial charge in [0.15, 0.2) is 5.78 Å². The molecule has 0 fully saturated rings. The number of aryl methyl sites for hydroxylation is 2. The van der Waals surface area contributed by atoms with Crippen LogP contribution in [0.1, 0.15) is 47.4 Å². The van der Waals surface area contributed by atoms with Gasteiger partial charge in [0.1, 0.15) is 5.01 Å². The van der Waals surface area contributed by atoms with Crippen molar-refractivity contribution in [2.75, 3.05) is 0 Å². The van der Waals surface area contributed by atoms with Crippen LogP contribution in [0, 0.1) is 6.92 Å². The molecule has 2 heterocycles. The number of rotatable bonds is 4. The van der Waals surface area contributed by atoms with E-state index in [-0.39, 0.29) is 11.3 Å². The highest BCUT2D eigenvalue weighted by molar-refractivity contribution is 7.17. The van der Waals surface area contributed by atoms with Crippen molar-refractivity contribution < 1.29 is 4.79 Å². The maximum Gasteiger partial charge on any atom is 0.274 e. The summed E-state index contributed by atoms with van der Waals surface area (Å²) in [4.78, 5) is 28.7. The molecule has 0 aliphatic rings. The van der Waals surface area contributed by atoms with E-state index in [9.17, 15) is 9.59 Å². The zero-order valence-electron chi connectivity index (χ0n) is 12.0. The predicted octanol–water partition coefficient (Wildman–Crippen LogP) is 2.53. The van der Waals surface area contributed by atoms with Crippen LogP contribution in [0.3, 0.4) is 0 Å². The summed E-state index contributed by atoms with van der Waals surface area (Å²) in [6, 6.07) is 0. The Hall–Kier alpha value is -1.82. The summed E-state index contributed by atoms with van der Waals surface area (Å²) in [7, 11) is 0. The summed E-state index contributed by atoms with van der Waals surface area (Å²) < 4.78 is 0. The topological polar surface area (TPSA) is 75.7 Å². The zero-order valence-corrected chi connectivity index (χ0v) is 12.8. The fourth-order valence-corrected chi connectivity index (χ4v) is 3.28. The molecule has 2 aromatic heterocycles. The van der Waals surface area contributed by atoms with Crippen LogP contribution in [0.15, 0.2) is 4.79 Å². The predicted molar refractivity (Wildman–Crippen MR) is 79.5 cm³/mol. The van der Waals surface area contributed by atoms with Gasteiger partial charge in [0.25, 0.3) is 5.56 Å². The molecule has 0 aromatic carbocycles. The minimum Gasteiger partial charge on any atom is -0.294 e. The molecular formula is C14H17N3O2S. The maximum absolute atomic E-state index is 12.1. The molecule has 0 aliphatic heterocycles. The number of thiazole rings is 1. The highest BCUT2D eigenvalue weighted by Gasteiger charge is 2.19. The zero-order chi connectivity index (χ0) is 14.9. The molecule has 0 amide bonds. The number of carbonyl (C=O) groups is 1. The Labute approximate surface area is 121 Å². The second kappa shape index (κ2) is 5.66. The van der Waals surface area contributed by atoms with Crippen molar-refractivity contribution >= 4 is 17.1 Å². The lowest BCUT2D eigenvalue weighted by atomic mass is 10.0. The number of ketones is 1. The van der Waals surface area contributed by atoms with Crippen molar-refractivity contribution in [3.63, 3.8) is 0 Å². The maximum atomic E-state index is 12.1.